The summed E-state index contributed by atoms with van der Waals surface area (Å²) in [6.07, 6.45) is 8.10. The first kappa shape index (κ1) is 18.8. The summed E-state index contributed by atoms with van der Waals surface area (Å²) in [5.74, 6) is 0.313. The molecule has 0 saturated carbocycles. The summed E-state index contributed by atoms with van der Waals surface area (Å²) < 4.78 is 15.9. The van der Waals surface area contributed by atoms with Crippen molar-refractivity contribution in [3.63, 3.8) is 0 Å². The second kappa shape index (κ2) is 9.06. The zero-order valence-corrected chi connectivity index (χ0v) is 15.0. The molecular formula is C20H24O5. The number of esters is 1. The number of rotatable bonds is 2. The number of carbonyl (C=O) groups excluding carboxylic acids is 2. The molecule has 5 heteroatoms. The highest BCUT2D eigenvalue weighted by Gasteiger charge is 2.22. The topological polar surface area (TPSA) is 61.8 Å². The summed E-state index contributed by atoms with van der Waals surface area (Å²) >= 11 is 0. The van der Waals surface area contributed by atoms with Crippen molar-refractivity contribution < 1.29 is 23.8 Å². The standard InChI is InChI=1S/C20H24O5/c1-14-8-6-4-5-7-9-25-20(22)19-15(11-16(21)10-14)12-17(23-2)13-18(19)24-3/h4-5,10,12-13H,6-9,11H2,1-3H3/b5-4+,14-10+. The first-order chi connectivity index (χ1) is 12.0. The van der Waals surface area contributed by atoms with E-state index in [-0.39, 0.29) is 24.4 Å². The molecule has 0 saturated heterocycles. The molecular weight excluding hydrogens is 320 g/mol. The number of methoxy groups -OCH3 is 2. The van der Waals surface area contributed by atoms with Gasteiger partial charge in [-0.3, -0.25) is 4.79 Å². The number of carbonyl (C=O) groups is 2. The Morgan fingerprint density at radius 2 is 1.80 bits per heavy atom. The Morgan fingerprint density at radius 3 is 2.52 bits per heavy atom. The average molecular weight is 344 g/mol. The highest BCUT2D eigenvalue weighted by atomic mass is 16.5. The Bertz CT molecular complexity index is 700. The van der Waals surface area contributed by atoms with Crippen LogP contribution in [0.5, 0.6) is 11.5 Å². The summed E-state index contributed by atoms with van der Waals surface area (Å²) in [5, 5.41) is 0. The van der Waals surface area contributed by atoms with E-state index >= 15 is 0 Å². The summed E-state index contributed by atoms with van der Waals surface area (Å²) in [7, 11) is 3.00. The van der Waals surface area contributed by atoms with Gasteiger partial charge in [0.15, 0.2) is 5.78 Å². The quantitative estimate of drug-likeness (QED) is 0.605. The van der Waals surface area contributed by atoms with E-state index in [1.165, 1.54) is 14.2 Å². The molecule has 1 heterocycles. The zero-order chi connectivity index (χ0) is 18.2. The Hall–Kier alpha value is -2.56. The van der Waals surface area contributed by atoms with Crippen LogP contribution in [0.15, 0.2) is 35.9 Å². The lowest BCUT2D eigenvalue weighted by Crippen LogP contribution is -2.14. The molecule has 0 aliphatic carbocycles. The van der Waals surface area contributed by atoms with Gasteiger partial charge >= 0.3 is 5.97 Å². The molecule has 1 aromatic rings. The highest BCUT2D eigenvalue weighted by Crippen LogP contribution is 2.30. The molecule has 1 aliphatic rings. The molecule has 5 nitrogen and oxygen atoms in total. The number of allylic oxidation sites excluding steroid dienone is 3. The second-order valence-electron chi connectivity index (χ2n) is 5.93. The zero-order valence-electron chi connectivity index (χ0n) is 15.0. The third-order valence-electron chi connectivity index (χ3n) is 3.98. The smallest absolute Gasteiger partial charge is 0.342 e. The summed E-state index contributed by atoms with van der Waals surface area (Å²) in [6, 6.07) is 3.31. The van der Waals surface area contributed by atoms with Crippen LogP contribution in [-0.2, 0) is 16.0 Å². The lowest BCUT2D eigenvalue weighted by molar-refractivity contribution is -0.114. The van der Waals surface area contributed by atoms with E-state index < -0.39 is 5.97 Å². The van der Waals surface area contributed by atoms with Gasteiger partial charge in [0, 0.05) is 12.5 Å². The minimum absolute atomic E-state index is 0.0668. The van der Waals surface area contributed by atoms with E-state index in [1.807, 2.05) is 19.1 Å². The van der Waals surface area contributed by atoms with Crippen LogP contribution in [0.3, 0.4) is 0 Å². The van der Waals surface area contributed by atoms with Gasteiger partial charge in [0.2, 0.25) is 0 Å². The van der Waals surface area contributed by atoms with Gasteiger partial charge in [-0.2, -0.15) is 0 Å². The van der Waals surface area contributed by atoms with Crippen molar-refractivity contribution >= 4 is 11.8 Å². The van der Waals surface area contributed by atoms with Gasteiger partial charge in [-0.25, -0.2) is 4.79 Å². The molecule has 0 spiro atoms. The Labute approximate surface area is 148 Å². The number of hydrogen-bond acceptors (Lipinski definition) is 5. The van der Waals surface area contributed by atoms with Gasteiger partial charge in [-0.05, 0) is 43.9 Å². The minimum Gasteiger partial charge on any atom is -0.497 e. The van der Waals surface area contributed by atoms with Gasteiger partial charge < -0.3 is 14.2 Å². The maximum absolute atomic E-state index is 12.5. The molecule has 0 amide bonds. The van der Waals surface area contributed by atoms with Crippen LogP contribution < -0.4 is 9.47 Å². The fourth-order valence-electron chi connectivity index (χ4n) is 2.72. The first-order valence-corrected chi connectivity index (χ1v) is 8.32. The van der Waals surface area contributed by atoms with Crippen molar-refractivity contribution in [2.45, 2.75) is 32.6 Å². The van der Waals surface area contributed by atoms with E-state index in [2.05, 4.69) is 0 Å². The molecule has 1 aromatic carbocycles. The van der Waals surface area contributed by atoms with Crippen molar-refractivity contribution in [1.29, 1.82) is 0 Å². The number of benzene rings is 1. The van der Waals surface area contributed by atoms with E-state index in [1.54, 1.807) is 18.2 Å². The summed E-state index contributed by atoms with van der Waals surface area (Å²) in [6.45, 7) is 2.23. The Morgan fingerprint density at radius 1 is 1.04 bits per heavy atom. The van der Waals surface area contributed by atoms with Crippen LogP contribution in [0, 0.1) is 0 Å². The maximum Gasteiger partial charge on any atom is 0.342 e. The fraction of sp³-hybridized carbons (Fsp3) is 0.400. The molecule has 0 aromatic heterocycles. The Kier molecular flexibility index (Phi) is 6.81. The maximum atomic E-state index is 12.5. The number of ether oxygens (including phenoxy) is 3. The van der Waals surface area contributed by atoms with Gasteiger partial charge in [-0.15, -0.1) is 0 Å². The predicted octanol–water partition coefficient (Wildman–Crippen LogP) is 3.66. The third-order valence-corrected chi connectivity index (χ3v) is 3.98. The lowest BCUT2D eigenvalue weighted by Gasteiger charge is -2.15. The summed E-state index contributed by atoms with van der Waals surface area (Å²) in [5.41, 5.74) is 1.84. The molecule has 134 valence electrons. The summed E-state index contributed by atoms with van der Waals surface area (Å²) in [4.78, 5) is 24.9. The predicted molar refractivity (Wildman–Crippen MR) is 95.3 cm³/mol. The first-order valence-electron chi connectivity index (χ1n) is 8.32. The highest BCUT2D eigenvalue weighted by molar-refractivity contribution is 5.98. The van der Waals surface area contributed by atoms with Crippen molar-refractivity contribution in [3.8, 4) is 11.5 Å². The molecule has 0 N–H and O–H groups in total. The fourth-order valence-corrected chi connectivity index (χ4v) is 2.72. The molecule has 2 rings (SSSR count). The van der Waals surface area contributed by atoms with E-state index in [0.717, 1.165) is 18.4 Å². The minimum atomic E-state index is -0.492. The van der Waals surface area contributed by atoms with Crippen molar-refractivity contribution in [2.75, 3.05) is 20.8 Å². The largest absolute Gasteiger partial charge is 0.497 e. The van der Waals surface area contributed by atoms with Crippen molar-refractivity contribution in [1.82, 2.24) is 0 Å². The lowest BCUT2D eigenvalue weighted by atomic mass is 9.99. The van der Waals surface area contributed by atoms with Crippen molar-refractivity contribution in [2.24, 2.45) is 0 Å². The number of fused-ring (bicyclic) bond motifs is 1. The average Bonchev–Trinajstić information content (AvgIpc) is 2.58. The second-order valence-corrected chi connectivity index (χ2v) is 5.93. The van der Waals surface area contributed by atoms with Crippen LogP contribution in [0.25, 0.3) is 0 Å². The Balaban J connectivity index is 2.47. The van der Waals surface area contributed by atoms with Crippen LogP contribution >= 0.6 is 0 Å². The van der Waals surface area contributed by atoms with Gasteiger partial charge in [-0.1, -0.05) is 17.7 Å². The SMILES string of the molecule is COc1cc2c(c(OC)c1)C(=O)OCC/C=C/CC/C(C)=C/C(=O)C2. The van der Waals surface area contributed by atoms with Crippen LogP contribution in [0.1, 0.15) is 42.1 Å². The van der Waals surface area contributed by atoms with Gasteiger partial charge in [0.25, 0.3) is 0 Å². The number of hydrogen-bond donors (Lipinski definition) is 0. The molecule has 1 aliphatic heterocycles. The molecule has 0 fully saturated rings. The molecule has 0 atom stereocenters. The van der Waals surface area contributed by atoms with E-state index in [9.17, 15) is 9.59 Å². The van der Waals surface area contributed by atoms with Crippen LogP contribution in [-0.4, -0.2) is 32.6 Å². The van der Waals surface area contributed by atoms with E-state index in [0.29, 0.717) is 23.5 Å². The normalized spacial score (nSPS) is 19.7. The number of cyclic esters (lactones) is 1. The van der Waals surface area contributed by atoms with Crippen LogP contribution in [0.2, 0.25) is 0 Å². The molecule has 25 heavy (non-hydrogen) atoms. The third kappa shape index (κ3) is 5.21. The number of ketones is 1. The van der Waals surface area contributed by atoms with Crippen LogP contribution in [0.4, 0.5) is 0 Å². The molecule has 0 bridgehead atoms. The van der Waals surface area contributed by atoms with Crippen molar-refractivity contribution in [3.05, 3.63) is 47.1 Å². The monoisotopic (exact) mass is 344 g/mol. The van der Waals surface area contributed by atoms with E-state index in [4.69, 9.17) is 14.2 Å². The molecule has 0 radical (unpaired) electrons. The molecule has 0 unspecified atom stereocenters. The van der Waals surface area contributed by atoms with Gasteiger partial charge in [0.05, 0.1) is 20.8 Å². The van der Waals surface area contributed by atoms with Gasteiger partial charge in [0.1, 0.15) is 17.1 Å².